The molecule has 6 nitrogen and oxygen atoms in total. The van der Waals surface area contributed by atoms with E-state index in [1.54, 1.807) is 19.5 Å². The lowest BCUT2D eigenvalue weighted by Crippen LogP contribution is -2.23. The molecule has 0 fully saturated rings. The van der Waals surface area contributed by atoms with Crippen LogP contribution in [0, 0.1) is 0 Å². The Balaban J connectivity index is 1.54. The first-order chi connectivity index (χ1) is 11.2. The molecule has 6 heteroatoms. The number of hydrogen-bond donors (Lipinski definition) is 2. The van der Waals surface area contributed by atoms with Gasteiger partial charge in [-0.1, -0.05) is 6.07 Å². The molecule has 118 valence electrons. The predicted molar refractivity (Wildman–Crippen MR) is 87.1 cm³/mol. The molecule has 0 spiro atoms. The van der Waals surface area contributed by atoms with Gasteiger partial charge in [0, 0.05) is 24.9 Å². The number of pyridine rings is 1. The summed E-state index contributed by atoms with van der Waals surface area (Å²) in [6.07, 6.45) is 4.61. The van der Waals surface area contributed by atoms with Crippen molar-refractivity contribution in [3.05, 3.63) is 54.1 Å². The maximum absolute atomic E-state index is 11.9. The number of aromatic nitrogens is 3. The SMILES string of the molecule is COc1ccc2nc(CNC(=O)CCc3cccnc3)[nH]c2c1. The normalized spacial score (nSPS) is 10.7. The average molecular weight is 310 g/mol. The van der Waals surface area contributed by atoms with E-state index >= 15 is 0 Å². The average Bonchev–Trinajstić information content (AvgIpc) is 3.01. The number of carbonyl (C=O) groups is 1. The van der Waals surface area contributed by atoms with Gasteiger partial charge >= 0.3 is 0 Å². The smallest absolute Gasteiger partial charge is 0.220 e. The second kappa shape index (κ2) is 6.91. The zero-order valence-electron chi connectivity index (χ0n) is 12.9. The summed E-state index contributed by atoms with van der Waals surface area (Å²) in [6.45, 7) is 0.378. The summed E-state index contributed by atoms with van der Waals surface area (Å²) in [6, 6.07) is 9.47. The Bertz CT molecular complexity index is 799. The molecule has 2 aromatic heterocycles. The number of benzene rings is 1. The number of carbonyl (C=O) groups excluding carboxylic acids is 1. The summed E-state index contributed by atoms with van der Waals surface area (Å²) in [5, 5.41) is 2.87. The molecule has 23 heavy (non-hydrogen) atoms. The highest BCUT2D eigenvalue weighted by atomic mass is 16.5. The van der Waals surface area contributed by atoms with Gasteiger partial charge in [0.15, 0.2) is 0 Å². The van der Waals surface area contributed by atoms with Crippen molar-refractivity contribution in [1.82, 2.24) is 20.3 Å². The number of fused-ring (bicyclic) bond motifs is 1. The Hall–Kier alpha value is -2.89. The van der Waals surface area contributed by atoms with Gasteiger partial charge in [0.2, 0.25) is 5.91 Å². The second-order valence-corrected chi connectivity index (χ2v) is 5.20. The fraction of sp³-hybridized carbons (Fsp3) is 0.235. The van der Waals surface area contributed by atoms with Crippen LogP contribution in [0.1, 0.15) is 17.8 Å². The van der Waals surface area contributed by atoms with Crippen LogP contribution in [0.4, 0.5) is 0 Å². The summed E-state index contributed by atoms with van der Waals surface area (Å²) < 4.78 is 5.18. The van der Waals surface area contributed by atoms with E-state index in [0.29, 0.717) is 19.4 Å². The minimum absolute atomic E-state index is 0.00751. The second-order valence-electron chi connectivity index (χ2n) is 5.20. The summed E-state index contributed by atoms with van der Waals surface area (Å²) in [7, 11) is 1.63. The molecule has 0 saturated heterocycles. The van der Waals surface area contributed by atoms with E-state index in [9.17, 15) is 4.79 Å². The molecular weight excluding hydrogens is 292 g/mol. The lowest BCUT2D eigenvalue weighted by Gasteiger charge is -2.03. The number of methoxy groups -OCH3 is 1. The first-order valence-corrected chi connectivity index (χ1v) is 7.43. The Morgan fingerprint density at radius 2 is 2.26 bits per heavy atom. The molecule has 0 atom stereocenters. The largest absolute Gasteiger partial charge is 0.497 e. The van der Waals surface area contributed by atoms with Crippen molar-refractivity contribution in [2.75, 3.05) is 7.11 Å². The van der Waals surface area contributed by atoms with Gasteiger partial charge in [-0.15, -0.1) is 0 Å². The minimum Gasteiger partial charge on any atom is -0.497 e. The van der Waals surface area contributed by atoms with Gasteiger partial charge in [0.05, 0.1) is 24.7 Å². The van der Waals surface area contributed by atoms with Crippen LogP contribution in [0.2, 0.25) is 0 Å². The van der Waals surface area contributed by atoms with Crippen LogP contribution in [0.25, 0.3) is 11.0 Å². The standard InChI is InChI=1S/C17H18N4O2/c1-23-13-5-6-14-15(9-13)21-16(20-14)11-19-17(22)7-4-12-3-2-8-18-10-12/h2-3,5-6,8-10H,4,7,11H2,1H3,(H,19,22)(H,20,21). The van der Waals surface area contributed by atoms with Crippen LogP contribution >= 0.6 is 0 Å². The first-order valence-electron chi connectivity index (χ1n) is 7.43. The number of ether oxygens (including phenoxy) is 1. The van der Waals surface area contributed by atoms with E-state index in [2.05, 4.69) is 20.3 Å². The number of H-pyrrole nitrogens is 1. The van der Waals surface area contributed by atoms with Crippen LogP contribution in [-0.4, -0.2) is 28.0 Å². The number of aryl methyl sites for hydroxylation is 1. The van der Waals surface area contributed by atoms with E-state index in [1.165, 1.54) is 0 Å². The number of nitrogens with one attached hydrogen (secondary N) is 2. The maximum atomic E-state index is 11.9. The van der Waals surface area contributed by atoms with Gasteiger partial charge in [0.25, 0.3) is 0 Å². The zero-order chi connectivity index (χ0) is 16.1. The Morgan fingerprint density at radius 1 is 1.35 bits per heavy atom. The summed E-state index contributed by atoms with van der Waals surface area (Å²) >= 11 is 0. The molecule has 0 saturated carbocycles. The summed E-state index contributed by atoms with van der Waals surface area (Å²) in [4.78, 5) is 23.6. The van der Waals surface area contributed by atoms with Gasteiger partial charge in [-0.05, 0) is 30.2 Å². The van der Waals surface area contributed by atoms with Gasteiger partial charge < -0.3 is 15.0 Å². The molecule has 1 aromatic carbocycles. The van der Waals surface area contributed by atoms with Gasteiger partial charge in [0.1, 0.15) is 11.6 Å². The van der Waals surface area contributed by atoms with Gasteiger partial charge in [-0.2, -0.15) is 0 Å². The van der Waals surface area contributed by atoms with E-state index in [-0.39, 0.29) is 5.91 Å². The highest BCUT2D eigenvalue weighted by Gasteiger charge is 2.06. The van der Waals surface area contributed by atoms with E-state index in [4.69, 9.17) is 4.74 Å². The monoisotopic (exact) mass is 310 g/mol. The number of hydrogen-bond acceptors (Lipinski definition) is 4. The molecule has 0 aliphatic rings. The highest BCUT2D eigenvalue weighted by molar-refractivity contribution is 5.78. The predicted octanol–water partition coefficient (Wildman–Crippen LogP) is 2.22. The van der Waals surface area contributed by atoms with Gasteiger partial charge in [-0.25, -0.2) is 4.98 Å². The molecular formula is C17H18N4O2. The van der Waals surface area contributed by atoms with Crippen LogP contribution in [-0.2, 0) is 17.8 Å². The van der Waals surface area contributed by atoms with Crippen molar-refractivity contribution in [2.24, 2.45) is 0 Å². The molecule has 2 N–H and O–H groups in total. The Labute approximate surface area is 133 Å². The van der Waals surface area contributed by atoms with Gasteiger partial charge in [-0.3, -0.25) is 9.78 Å². The fourth-order valence-corrected chi connectivity index (χ4v) is 2.33. The third-order valence-electron chi connectivity index (χ3n) is 3.55. The molecule has 0 unspecified atom stereocenters. The number of amides is 1. The zero-order valence-corrected chi connectivity index (χ0v) is 12.9. The van der Waals surface area contributed by atoms with Crippen LogP contribution in [0.5, 0.6) is 5.75 Å². The number of nitrogens with zero attached hydrogens (tertiary/aromatic N) is 2. The van der Waals surface area contributed by atoms with E-state index in [0.717, 1.165) is 28.2 Å². The molecule has 0 aliphatic heterocycles. The van der Waals surface area contributed by atoms with E-state index in [1.807, 2.05) is 30.3 Å². The topological polar surface area (TPSA) is 79.9 Å². The van der Waals surface area contributed by atoms with Crippen LogP contribution in [0.3, 0.4) is 0 Å². The minimum atomic E-state index is -0.00751. The highest BCUT2D eigenvalue weighted by Crippen LogP contribution is 2.18. The van der Waals surface area contributed by atoms with Crippen LogP contribution in [0.15, 0.2) is 42.7 Å². The lowest BCUT2D eigenvalue weighted by molar-refractivity contribution is -0.121. The van der Waals surface area contributed by atoms with Crippen molar-refractivity contribution in [3.8, 4) is 5.75 Å². The fourth-order valence-electron chi connectivity index (χ4n) is 2.33. The van der Waals surface area contributed by atoms with Crippen molar-refractivity contribution in [2.45, 2.75) is 19.4 Å². The lowest BCUT2D eigenvalue weighted by atomic mass is 10.1. The number of rotatable bonds is 6. The molecule has 0 bridgehead atoms. The third kappa shape index (κ3) is 3.85. The molecule has 0 aliphatic carbocycles. The first kappa shape index (κ1) is 15.0. The third-order valence-corrected chi connectivity index (χ3v) is 3.55. The Morgan fingerprint density at radius 3 is 3.04 bits per heavy atom. The van der Waals surface area contributed by atoms with Crippen molar-refractivity contribution in [1.29, 1.82) is 0 Å². The Kier molecular flexibility index (Phi) is 4.52. The number of aromatic amines is 1. The maximum Gasteiger partial charge on any atom is 0.220 e. The molecule has 1 amide bonds. The van der Waals surface area contributed by atoms with Crippen molar-refractivity contribution >= 4 is 16.9 Å². The van der Waals surface area contributed by atoms with E-state index < -0.39 is 0 Å². The molecule has 3 rings (SSSR count). The van der Waals surface area contributed by atoms with Crippen molar-refractivity contribution < 1.29 is 9.53 Å². The molecule has 3 aromatic rings. The molecule has 0 radical (unpaired) electrons. The molecule has 2 heterocycles. The van der Waals surface area contributed by atoms with Crippen LogP contribution < -0.4 is 10.1 Å². The number of imidazole rings is 1. The summed E-state index contributed by atoms with van der Waals surface area (Å²) in [5.41, 5.74) is 2.80. The quantitative estimate of drug-likeness (QED) is 0.731. The summed E-state index contributed by atoms with van der Waals surface area (Å²) in [5.74, 6) is 1.49. The van der Waals surface area contributed by atoms with Crippen molar-refractivity contribution in [3.63, 3.8) is 0 Å².